The molecule has 20 heavy (non-hydrogen) atoms. The Labute approximate surface area is 126 Å². The van der Waals surface area contributed by atoms with Gasteiger partial charge in [-0.15, -0.1) is 0 Å². The van der Waals surface area contributed by atoms with Crippen LogP contribution in [0, 0.1) is 6.92 Å². The van der Waals surface area contributed by atoms with Crippen LogP contribution in [-0.2, 0) is 11.3 Å². The molecule has 4 nitrogen and oxygen atoms in total. The van der Waals surface area contributed by atoms with Gasteiger partial charge in [0.1, 0.15) is 11.5 Å². The van der Waals surface area contributed by atoms with Gasteiger partial charge in [0.25, 0.3) is 0 Å². The van der Waals surface area contributed by atoms with Crippen LogP contribution in [0.3, 0.4) is 0 Å². The van der Waals surface area contributed by atoms with Gasteiger partial charge in [-0.05, 0) is 47.1 Å². The number of anilines is 1. The van der Waals surface area contributed by atoms with Crippen LogP contribution in [0.1, 0.15) is 11.5 Å². The topological polar surface area (TPSA) is 45.5 Å². The second kappa shape index (κ2) is 6.61. The zero-order valence-corrected chi connectivity index (χ0v) is 13.1. The quantitative estimate of drug-likeness (QED) is 0.909. The summed E-state index contributed by atoms with van der Waals surface area (Å²) in [6.07, 6.45) is 0. The van der Waals surface area contributed by atoms with Crippen LogP contribution < -0.4 is 5.32 Å². The minimum Gasteiger partial charge on any atom is -0.464 e. The Morgan fingerprint density at radius 2 is 2.05 bits per heavy atom. The lowest BCUT2D eigenvalue weighted by Crippen LogP contribution is -2.31. The Kier molecular flexibility index (Phi) is 4.84. The number of nitrogens with one attached hydrogen (secondary N) is 1. The van der Waals surface area contributed by atoms with Crippen LogP contribution in [0.2, 0.25) is 0 Å². The smallest absolute Gasteiger partial charge is 0.242 e. The van der Waals surface area contributed by atoms with Crippen molar-refractivity contribution < 1.29 is 9.21 Å². The summed E-state index contributed by atoms with van der Waals surface area (Å²) in [6.45, 7) is 2.61. The molecular formula is C15H17BrN2O2. The Bertz CT molecular complexity index is 595. The van der Waals surface area contributed by atoms with E-state index >= 15 is 0 Å². The van der Waals surface area contributed by atoms with E-state index in [1.54, 1.807) is 11.9 Å². The fraction of sp³-hybridized carbons (Fsp3) is 0.267. The molecule has 0 saturated carbocycles. The van der Waals surface area contributed by atoms with Crippen LogP contribution in [0.5, 0.6) is 0 Å². The third-order valence-corrected chi connectivity index (χ3v) is 3.61. The number of para-hydroxylation sites is 1. The molecule has 0 fully saturated rings. The number of nitrogens with zero attached hydrogens (tertiary/aromatic N) is 1. The minimum atomic E-state index is 0.00908. The maximum atomic E-state index is 12.0. The van der Waals surface area contributed by atoms with Crippen molar-refractivity contribution in [2.45, 2.75) is 13.5 Å². The second-order valence-electron chi connectivity index (χ2n) is 4.60. The van der Waals surface area contributed by atoms with Crippen molar-refractivity contribution in [3.8, 4) is 0 Å². The first kappa shape index (κ1) is 14.7. The lowest BCUT2D eigenvalue weighted by Gasteiger charge is -2.17. The van der Waals surface area contributed by atoms with Gasteiger partial charge in [0.2, 0.25) is 5.91 Å². The third-order valence-electron chi connectivity index (χ3n) is 2.92. The summed E-state index contributed by atoms with van der Waals surface area (Å²) >= 11 is 3.44. The zero-order chi connectivity index (χ0) is 14.5. The molecule has 1 N–H and O–H groups in total. The van der Waals surface area contributed by atoms with E-state index in [1.165, 1.54) is 0 Å². The number of furan rings is 1. The molecule has 0 aliphatic rings. The first-order valence-electron chi connectivity index (χ1n) is 6.34. The van der Waals surface area contributed by atoms with Gasteiger partial charge in [0.15, 0.2) is 0 Å². The molecule has 0 unspecified atom stereocenters. The minimum absolute atomic E-state index is 0.00908. The fourth-order valence-corrected chi connectivity index (χ4v) is 2.23. The first-order chi connectivity index (χ1) is 9.56. The molecule has 0 radical (unpaired) electrons. The van der Waals surface area contributed by atoms with Crippen molar-refractivity contribution in [1.82, 2.24) is 4.90 Å². The number of hydrogen-bond donors (Lipinski definition) is 1. The Morgan fingerprint density at radius 3 is 2.70 bits per heavy atom. The van der Waals surface area contributed by atoms with E-state index in [2.05, 4.69) is 21.2 Å². The van der Waals surface area contributed by atoms with Gasteiger partial charge in [-0.1, -0.05) is 12.1 Å². The predicted molar refractivity (Wildman–Crippen MR) is 82.6 cm³/mol. The van der Waals surface area contributed by atoms with Crippen LogP contribution in [0.15, 0.2) is 45.3 Å². The highest BCUT2D eigenvalue weighted by Crippen LogP contribution is 2.20. The lowest BCUT2D eigenvalue weighted by atomic mass is 10.3. The van der Waals surface area contributed by atoms with Crippen LogP contribution >= 0.6 is 15.9 Å². The normalized spacial score (nSPS) is 10.3. The molecule has 106 valence electrons. The van der Waals surface area contributed by atoms with E-state index in [4.69, 9.17) is 4.42 Å². The maximum absolute atomic E-state index is 12.0. The van der Waals surface area contributed by atoms with Crippen LogP contribution in [0.25, 0.3) is 0 Å². The molecule has 5 heteroatoms. The third kappa shape index (κ3) is 3.87. The summed E-state index contributed by atoms with van der Waals surface area (Å²) in [7, 11) is 1.77. The summed E-state index contributed by atoms with van der Waals surface area (Å²) in [5, 5.41) is 3.12. The van der Waals surface area contributed by atoms with Crippen molar-refractivity contribution in [2.24, 2.45) is 0 Å². The lowest BCUT2D eigenvalue weighted by molar-refractivity contribution is -0.128. The number of amides is 1. The van der Waals surface area contributed by atoms with Crippen molar-refractivity contribution in [3.05, 3.63) is 52.4 Å². The van der Waals surface area contributed by atoms with E-state index in [1.807, 2.05) is 43.3 Å². The second-order valence-corrected chi connectivity index (χ2v) is 5.45. The molecule has 1 amide bonds. The largest absolute Gasteiger partial charge is 0.464 e. The highest BCUT2D eigenvalue weighted by molar-refractivity contribution is 9.10. The summed E-state index contributed by atoms with van der Waals surface area (Å²) in [6, 6.07) is 11.5. The average molecular weight is 337 g/mol. The maximum Gasteiger partial charge on any atom is 0.242 e. The van der Waals surface area contributed by atoms with Gasteiger partial charge < -0.3 is 14.6 Å². The number of halogens is 1. The number of aryl methyl sites for hydroxylation is 1. The zero-order valence-electron chi connectivity index (χ0n) is 11.5. The van der Waals surface area contributed by atoms with E-state index in [9.17, 15) is 4.79 Å². The SMILES string of the molecule is Cc1ccc(CN(C)C(=O)CNc2ccccc2Br)o1. The van der Waals surface area contributed by atoms with Gasteiger partial charge in [0, 0.05) is 17.2 Å². The van der Waals surface area contributed by atoms with Crippen molar-refractivity contribution in [2.75, 3.05) is 18.9 Å². The highest BCUT2D eigenvalue weighted by Gasteiger charge is 2.11. The monoisotopic (exact) mass is 336 g/mol. The molecule has 1 heterocycles. The molecule has 2 aromatic rings. The van der Waals surface area contributed by atoms with Crippen molar-refractivity contribution in [3.63, 3.8) is 0 Å². The average Bonchev–Trinajstić information content (AvgIpc) is 2.82. The fourth-order valence-electron chi connectivity index (χ4n) is 1.80. The van der Waals surface area contributed by atoms with Crippen molar-refractivity contribution in [1.29, 1.82) is 0 Å². The van der Waals surface area contributed by atoms with E-state index in [0.29, 0.717) is 6.54 Å². The Balaban J connectivity index is 1.87. The summed E-state index contributed by atoms with van der Waals surface area (Å²) in [5.74, 6) is 1.65. The summed E-state index contributed by atoms with van der Waals surface area (Å²) in [4.78, 5) is 13.7. The van der Waals surface area contributed by atoms with Crippen LogP contribution in [-0.4, -0.2) is 24.4 Å². The molecule has 0 saturated heterocycles. The molecule has 0 atom stereocenters. The van der Waals surface area contributed by atoms with Gasteiger partial charge >= 0.3 is 0 Å². The van der Waals surface area contributed by atoms with E-state index in [0.717, 1.165) is 21.7 Å². The predicted octanol–water partition coefficient (Wildman–Crippen LogP) is 3.42. The molecule has 0 bridgehead atoms. The molecule has 0 aliphatic heterocycles. The van der Waals surface area contributed by atoms with E-state index < -0.39 is 0 Å². The number of benzene rings is 1. The Hall–Kier alpha value is -1.75. The molecule has 1 aromatic heterocycles. The number of likely N-dealkylation sites (N-methyl/N-ethyl adjacent to an activating group) is 1. The molecule has 2 rings (SSSR count). The van der Waals surface area contributed by atoms with Gasteiger partial charge in [-0.3, -0.25) is 4.79 Å². The number of hydrogen-bond acceptors (Lipinski definition) is 3. The highest BCUT2D eigenvalue weighted by atomic mass is 79.9. The van der Waals surface area contributed by atoms with Crippen molar-refractivity contribution >= 4 is 27.5 Å². The number of carbonyl (C=O) groups is 1. The first-order valence-corrected chi connectivity index (χ1v) is 7.13. The standard InChI is InChI=1S/C15H17BrN2O2/c1-11-7-8-12(20-11)10-18(2)15(19)9-17-14-6-4-3-5-13(14)16/h3-8,17H,9-10H2,1-2H3. The van der Waals surface area contributed by atoms with E-state index in [-0.39, 0.29) is 12.5 Å². The van der Waals surface area contributed by atoms with Gasteiger partial charge in [-0.2, -0.15) is 0 Å². The molecule has 0 aliphatic carbocycles. The Morgan fingerprint density at radius 1 is 1.30 bits per heavy atom. The van der Waals surface area contributed by atoms with Gasteiger partial charge in [0.05, 0.1) is 13.1 Å². The van der Waals surface area contributed by atoms with Crippen LogP contribution in [0.4, 0.5) is 5.69 Å². The summed E-state index contributed by atoms with van der Waals surface area (Å²) < 4.78 is 6.41. The molecule has 0 spiro atoms. The number of carbonyl (C=O) groups excluding carboxylic acids is 1. The van der Waals surface area contributed by atoms with Gasteiger partial charge in [-0.25, -0.2) is 0 Å². The molecular weight excluding hydrogens is 320 g/mol. The number of rotatable bonds is 5. The summed E-state index contributed by atoms with van der Waals surface area (Å²) in [5.41, 5.74) is 0.906. The molecule has 1 aromatic carbocycles.